The monoisotopic (exact) mass is 633 g/mol. The average molecular weight is 634 g/mol. The van der Waals surface area contributed by atoms with Crippen LogP contribution in [-0.4, -0.2) is 90.1 Å². The summed E-state index contributed by atoms with van der Waals surface area (Å²) in [6, 6.07) is 0. The summed E-state index contributed by atoms with van der Waals surface area (Å²) in [6.45, 7) is 7.25. The van der Waals surface area contributed by atoms with Crippen LogP contribution in [0.5, 0.6) is 0 Å². The quantitative estimate of drug-likeness (QED) is 0.182. The SMILES string of the molecule is CC=C(C)C(=O)OC1CC2C(O)C3C(=O)CC(CO)OC3C3CC4CCNC(N)C4CCC(CC4CCC(N)[NH2+]C4)C1(C)OC23. The second kappa shape index (κ2) is 13.6. The molecule has 45 heavy (non-hydrogen) atoms. The predicted molar refractivity (Wildman–Crippen MR) is 166 cm³/mol. The van der Waals surface area contributed by atoms with Crippen molar-refractivity contribution in [3.63, 3.8) is 0 Å². The van der Waals surface area contributed by atoms with Crippen molar-refractivity contribution in [3.05, 3.63) is 11.6 Å². The summed E-state index contributed by atoms with van der Waals surface area (Å²) in [6.07, 6.45) is 5.68. The first kappa shape index (κ1) is 33.5. The van der Waals surface area contributed by atoms with Gasteiger partial charge < -0.3 is 40.8 Å². The van der Waals surface area contributed by atoms with Crippen LogP contribution < -0.4 is 22.1 Å². The Labute approximate surface area is 267 Å². The third kappa shape index (κ3) is 6.40. The fraction of sp³-hybridized carbons (Fsp3) is 0.882. The van der Waals surface area contributed by atoms with E-state index in [9.17, 15) is 19.8 Å². The molecule has 15 atom stereocenters. The van der Waals surface area contributed by atoms with E-state index in [2.05, 4.69) is 17.6 Å². The van der Waals surface area contributed by atoms with E-state index in [4.69, 9.17) is 25.7 Å². The lowest BCUT2D eigenvalue weighted by Gasteiger charge is -2.60. The lowest BCUT2D eigenvalue weighted by Crippen LogP contribution is -2.95. The zero-order valence-corrected chi connectivity index (χ0v) is 27.3. The number of ketones is 1. The van der Waals surface area contributed by atoms with Crippen LogP contribution in [0.15, 0.2) is 11.6 Å². The molecule has 1 saturated carbocycles. The Bertz CT molecular complexity index is 1110. The molecule has 0 aromatic carbocycles. The highest BCUT2D eigenvalue weighted by Crippen LogP contribution is 2.55. The molecule has 9 N–H and O–H groups in total. The average Bonchev–Trinajstić information content (AvgIpc) is 3.02. The van der Waals surface area contributed by atoms with Crippen LogP contribution in [0.4, 0.5) is 0 Å². The topological polar surface area (TPSA) is 183 Å². The van der Waals surface area contributed by atoms with Crippen LogP contribution in [0.3, 0.4) is 0 Å². The minimum absolute atomic E-state index is 0.0665. The number of carbonyl (C=O) groups is 2. The molecule has 5 heterocycles. The number of nitrogens with two attached hydrogens (primary N) is 3. The first-order valence-electron chi connectivity index (χ1n) is 17.6. The van der Waals surface area contributed by atoms with Crippen molar-refractivity contribution in [2.75, 3.05) is 19.7 Å². The summed E-state index contributed by atoms with van der Waals surface area (Å²) >= 11 is 0. The molecule has 0 aromatic rings. The molecule has 15 unspecified atom stereocenters. The summed E-state index contributed by atoms with van der Waals surface area (Å²) in [4.78, 5) is 26.9. The number of hydrogen-bond donors (Lipinski definition) is 6. The van der Waals surface area contributed by atoms with Crippen molar-refractivity contribution < 1.29 is 39.3 Å². The van der Waals surface area contributed by atoms with Crippen LogP contribution in [0, 0.1) is 41.4 Å². The van der Waals surface area contributed by atoms with Crippen molar-refractivity contribution in [1.29, 1.82) is 0 Å². The summed E-state index contributed by atoms with van der Waals surface area (Å²) in [5.74, 6) is -0.596. The van der Waals surface area contributed by atoms with Gasteiger partial charge in [0.25, 0.3) is 0 Å². The molecule has 0 radical (unpaired) electrons. The molecule has 0 amide bonds. The van der Waals surface area contributed by atoms with Gasteiger partial charge in [-0.25, -0.2) is 4.79 Å². The van der Waals surface area contributed by atoms with E-state index >= 15 is 0 Å². The first-order chi connectivity index (χ1) is 21.5. The number of esters is 1. The number of allylic oxidation sites excluding steroid dienone is 1. The van der Waals surface area contributed by atoms with Crippen molar-refractivity contribution in [1.82, 2.24) is 5.32 Å². The lowest BCUT2D eigenvalue weighted by molar-refractivity contribution is -0.703. The summed E-state index contributed by atoms with van der Waals surface area (Å²) in [7, 11) is 0. The molecule has 6 fully saturated rings. The molecule has 0 spiro atoms. The van der Waals surface area contributed by atoms with Gasteiger partial charge in [-0.15, -0.1) is 0 Å². The third-order valence-electron chi connectivity index (χ3n) is 12.8. The van der Waals surface area contributed by atoms with E-state index in [1.807, 2.05) is 6.92 Å². The van der Waals surface area contributed by atoms with Gasteiger partial charge in [0.15, 0.2) is 0 Å². The van der Waals surface area contributed by atoms with Gasteiger partial charge in [0.1, 0.15) is 23.7 Å². The molecular weight excluding hydrogens is 576 g/mol. The summed E-state index contributed by atoms with van der Waals surface area (Å²) in [5, 5.41) is 27.7. The highest BCUT2D eigenvalue weighted by molar-refractivity contribution is 5.87. The molecule has 5 aliphatic heterocycles. The molecular formula is C34H57N4O7+. The maximum absolute atomic E-state index is 13.6. The molecule has 11 nitrogen and oxygen atoms in total. The Hall–Kier alpha value is -1.44. The van der Waals surface area contributed by atoms with E-state index in [0.717, 1.165) is 58.0 Å². The fourth-order valence-electron chi connectivity index (χ4n) is 9.99. The molecule has 1 aliphatic carbocycles. The van der Waals surface area contributed by atoms with Crippen LogP contribution in [0.2, 0.25) is 0 Å². The van der Waals surface area contributed by atoms with Crippen molar-refractivity contribution in [2.24, 2.45) is 52.9 Å². The number of Topliss-reactive ketones (excluding diaryl/α,β-unsaturated/α-hetero) is 1. The summed E-state index contributed by atoms with van der Waals surface area (Å²) in [5.41, 5.74) is 12.7. The van der Waals surface area contributed by atoms with Crippen LogP contribution >= 0.6 is 0 Å². The number of nitrogens with one attached hydrogen (secondary N) is 1. The van der Waals surface area contributed by atoms with Gasteiger partial charge in [-0.2, -0.15) is 0 Å². The van der Waals surface area contributed by atoms with Gasteiger partial charge in [-0.05, 0) is 90.0 Å². The number of piperidine rings is 2. The Kier molecular flexibility index (Phi) is 10.1. The first-order valence-corrected chi connectivity index (χ1v) is 17.6. The minimum Gasteiger partial charge on any atom is -0.456 e. The van der Waals surface area contributed by atoms with Crippen molar-refractivity contribution in [3.8, 4) is 0 Å². The molecule has 5 saturated heterocycles. The van der Waals surface area contributed by atoms with E-state index in [1.165, 1.54) is 0 Å². The van der Waals surface area contributed by atoms with Gasteiger partial charge in [-0.1, -0.05) is 6.08 Å². The normalized spacial score (nSPS) is 49.0. The third-order valence-corrected chi connectivity index (χ3v) is 12.8. The van der Waals surface area contributed by atoms with Crippen LogP contribution in [0.1, 0.15) is 78.6 Å². The number of rotatable bonds is 5. The maximum atomic E-state index is 13.6. The predicted octanol–water partition coefficient (Wildman–Crippen LogP) is 0.313. The Morgan fingerprint density at radius 2 is 1.93 bits per heavy atom. The zero-order valence-electron chi connectivity index (χ0n) is 27.3. The van der Waals surface area contributed by atoms with Gasteiger partial charge in [0.05, 0.1) is 49.7 Å². The Morgan fingerprint density at radius 3 is 2.64 bits per heavy atom. The van der Waals surface area contributed by atoms with E-state index in [-0.39, 0.29) is 66.9 Å². The van der Waals surface area contributed by atoms with E-state index in [0.29, 0.717) is 23.8 Å². The standard InChI is InChI=1S/C34H56N4O7/c1-4-17(2)33(42)44-26-14-23-29(41)28-25(40)13-21(16-39)43-31(28)24-12-19-9-10-37-32(36)22(19)7-6-20(34(26,3)45-30(23)24)11-18-5-8-27(35)38-15-18/h4,18-24,26-32,37-39,41H,5-16,35-36H2,1-3H3/p+1. The van der Waals surface area contributed by atoms with Crippen molar-refractivity contribution in [2.45, 2.75) is 127 Å². The molecule has 11 heteroatoms. The molecule has 6 aliphatic rings. The summed E-state index contributed by atoms with van der Waals surface area (Å²) < 4.78 is 20.2. The van der Waals surface area contributed by atoms with Gasteiger partial charge >= 0.3 is 5.97 Å². The second-order valence-corrected chi connectivity index (χ2v) is 15.3. The highest BCUT2D eigenvalue weighted by Gasteiger charge is 2.63. The molecule has 6 rings (SSSR count). The Balaban J connectivity index is 1.42. The number of ether oxygens (including phenoxy) is 3. The lowest BCUT2D eigenvalue weighted by atomic mass is 9.58. The largest absolute Gasteiger partial charge is 0.456 e. The van der Waals surface area contributed by atoms with E-state index in [1.54, 1.807) is 13.0 Å². The zero-order chi connectivity index (χ0) is 32.0. The number of aliphatic hydroxyl groups is 2. The second-order valence-electron chi connectivity index (χ2n) is 15.3. The van der Waals surface area contributed by atoms with E-state index < -0.39 is 35.9 Å². The van der Waals surface area contributed by atoms with Crippen LogP contribution in [-0.2, 0) is 23.8 Å². The van der Waals surface area contributed by atoms with Gasteiger partial charge in [0.2, 0.25) is 0 Å². The highest BCUT2D eigenvalue weighted by atomic mass is 16.6. The number of quaternary nitrogens is 1. The fourth-order valence-corrected chi connectivity index (χ4v) is 9.99. The number of carbonyl (C=O) groups excluding carboxylic acids is 2. The Morgan fingerprint density at radius 1 is 1.13 bits per heavy atom. The minimum atomic E-state index is -0.987. The number of hydrogen-bond acceptors (Lipinski definition) is 10. The smallest absolute Gasteiger partial charge is 0.333 e. The molecule has 2 bridgehead atoms. The molecule has 0 aromatic heterocycles. The number of fused-ring (bicyclic) bond motifs is 4. The maximum Gasteiger partial charge on any atom is 0.333 e. The van der Waals surface area contributed by atoms with Crippen LogP contribution in [0.25, 0.3) is 0 Å². The van der Waals surface area contributed by atoms with Crippen molar-refractivity contribution >= 4 is 11.8 Å². The van der Waals surface area contributed by atoms with Gasteiger partial charge in [-0.3, -0.25) is 10.5 Å². The van der Waals surface area contributed by atoms with Gasteiger partial charge in [0, 0.05) is 36.2 Å². The molecule has 254 valence electrons. The number of aliphatic hydroxyl groups excluding tert-OH is 2.